The minimum absolute atomic E-state index is 0.0464. The molecular formula is C22H28N2O2S. The molecule has 2 aromatic carbocycles. The monoisotopic (exact) mass is 384 g/mol. The maximum absolute atomic E-state index is 12.9. The first-order valence-corrected chi connectivity index (χ1v) is 10.1. The highest BCUT2D eigenvalue weighted by Gasteiger charge is 2.24. The van der Waals surface area contributed by atoms with Gasteiger partial charge in [-0.25, -0.2) is 4.21 Å². The molecule has 0 saturated carbocycles. The van der Waals surface area contributed by atoms with Gasteiger partial charge in [-0.15, -0.1) is 0 Å². The molecule has 1 unspecified atom stereocenters. The molecule has 0 aliphatic rings. The van der Waals surface area contributed by atoms with Gasteiger partial charge in [0.25, 0.3) is 0 Å². The highest BCUT2D eigenvalue weighted by molar-refractivity contribution is 7.84. The number of hydrogen-bond acceptors (Lipinski definition) is 2. The average molecular weight is 385 g/mol. The molecule has 0 aliphatic heterocycles. The lowest BCUT2D eigenvalue weighted by atomic mass is 9.94. The van der Waals surface area contributed by atoms with Gasteiger partial charge in [-0.2, -0.15) is 4.40 Å². The number of benzene rings is 2. The average Bonchev–Trinajstić information content (AvgIpc) is 2.61. The van der Waals surface area contributed by atoms with Crippen molar-refractivity contribution in [2.75, 3.05) is 0 Å². The summed E-state index contributed by atoms with van der Waals surface area (Å²) in [5.74, 6) is -0.0464. The third-order valence-corrected chi connectivity index (χ3v) is 5.48. The van der Waals surface area contributed by atoms with Crippen LogP contribution in [0.5, 0.6) is 0 Å². The van der Waals surface area contributed by atoms with Gasteiger partial charge in [0.15, 0.2) is 11.0 Å². The Bertz CT molecular complexity index is 865. The Morgan fingerprint density at radius 1 is 1.07 bits per heavy atom. The molecule has 1 amide bonds. The molecule has 0 aromatic heterocycles. The molecule has 0 radical (unpaired) electrons. The summed E-state index contributed by atoms with van der Waals surface area (Å²) in [7, 11) is -1.55. The predicted octanol–water partition coefficient (Wildman–Crippen LogP) is 4.75. The Hall–Kier alpha value is -2.27. The van der Waals surface area contributed by atoms with Crippen molar-refractivity contribution in [2.45, 2.75) is 52.5 Å². The molecule has 0 aliphatic carbocycles. The van der Waals surface area contributed by atoms with Crippen molar-refractivity contribution in [1.82, 2.24) is 5.32 Å². The Balaban J connectivity index is 2.28. The summed E-state index contributed by atoms with van der Waals surface area (Å²) >= 11 is 0. The number of amides is 1. The molecule has 2 rings (SSSR count). The number of nitrogens with zero attached hydrogens (tertiary/aromatic N) is 1. The minimum atomic E-state index is -1.55. The molecule has 27 heavy (non-hydrogen) atoms. The third-order valence-electron chi connectivity index (χ3n) is 4.29. The second kappa shape index (κ2) is 8.61. The zero-order valence-electron chi connectivity index (χ0n) is 16.9. The summed E-state index contributed by atoms with van der Waals surface area (Å²) in [4.78, 5) is 12.9. The Morgan fingerprint density at radius 3 is 2.26 bits per heavy atom. The molecular weight excluding hydrogens is 356 g/mol. The van der Waals surface area contributed by atoms with Gasteiger partial charge in [-0.05, 0) is 38.0 Å². The molecule has 0 spiro atoms. The first-order chi connectivity index (χ1) is 12.6. The van der Waals surface area contributed by atoms with Gasteiger partial charge in [0.05, 0.1) is 16.6 Å². The van der Waals surface area contributed by atoms with Crippen LogP contribution >= 0.6 is 0 Å². The van der Waals surface area contributed by atoms with Crippen molar-refractivity contribution in [1.29, 1.82) is 0 Å². The highest BCUT2D eigenvalue weighted by atomic mass is 32.2. The maximum Gasteiger partial charge on any atom is 0.225 e. The molecule has 0 bridgehead atoms. The van der Waals surface area contributed by atoms with E-state index in [1.165, 1.54) is 5.56 Å². The van der Waals surface area contributed by atoms with Crippen LogP contribution in [-0.2, 0) is 15.8 Å². The van der Waals surface area contributed by atoms with Crippen molar-refractivity contribution in [3.8, 4) is 0 Å². The van der Waals surface area contributed by atoms with E-state index in [0.29, 0.717) is 4.90 Å². The standard InChI is InChI=1S/C22H28N2O2S/c1-15-11-13-18(14-12-15)16(2)24-27(26)20-10-8-7-9-19(20)17(3)23-21(25)22(4,5)6/h7-14,17H,1-6H3,(H,23,25)/b24-16+/t17-,27?/m1/s1. The molecule has 0 fully saturated rings. The van der Waals surface area contributed by atoms with E-state index in [1.807, 2.05) is 84.0 Å². The van der Waals surface area contributed by atoms with E-state index in [4.69, 9.17) is 0 Å². The number of rotatable bonds is 5. The lowest BCUT2D eigenvalue weighted by Crippen LogP contribution is -2.36. The zero-order valence-corrected chi connectivity index (χ0v) is 17.7. The van der Waals surface area contributed by atoms with Crippen LogP contribution in [0.1, 0.15) is 57.4 Å². The topological polar surface area (TPSA) is 58.5 Å². The Kier molecular flexibility index (Phi) is 6.71. The van der Waals surface area contributed by atoms with E-state index in [1.54, 1.807) is 6.07 Å². The van der Waals surface area contributed by atoms with Crippen LogP contribution < -0.4 is 5.32 Å². The molecule has 1 N–H and O–H groups in total. The Morgan fingerprint density at radius 2 is 1.67 bits per heavy atom. The SMILES string of the molecule is C/C(=N\S(=O)c1ccccc1[C@@H](C)NC(=O)C(C)(C)C)c1ccc(C)cc1. The van der Waals surface area contributed by atoms with Crippen LogP contribution in [0.4, 0.5) is 0 Å². The fourth-order valence-corrected chi connectivity index (χ4v) is 3.60. The second-order valence-electron chi connectivity index (χ2n) is 7.77. The molecule has 5 heteroatoms. The van der Waals surface area contributed by atoms with Gasteiger partial charge in [0, 0.05) is 5.41 Å². The number of carbonyl (C=O) groups excluding carboxylic acids is 1. The van der Waals surface area contributed by atoms with E-state index in [-0.39, 0.29) is 11.9 Å². The van der Waals surface area contributed by atoms with E-state index in [2.05, 4.69) is 9.71 Å². The number of nitrogens with one attached hydrogen (secondary N) is 1. The van der Waals surface area contributed by atoms with Gasteiger partial charge >= 0.3 is 0 Å². The molecule has 4 nitrogen and oxygen atoms in total. The van der Waals surface area contributed by atoms with Gasteiger partial charge in [-0.1, -0.05) is 68.8 Å². The largest absolute Gasteiger partial charge is 0.349 e. The summed E-state index contributed by atoms with van der Waals surface area (Å²) < 4.78 is 17.3. The third kappa shape index (κ3) is 5.60. The maximum atomic E-state index is 12.9. The summed E-state index contributed by atoms with van der Waals surface area (Å²) in [5.41, 5.74) is 3.16. The van der Waals surface area contributed by atoms with E-state index in [0.717, 1.165) is 16.8 Å². The Labute approximate surface area is 164 Å². The number of aryl methyl sites for hydroxylation is 1. The predicted molar refractivity (Wildman–Crippen MR) is 112 cm³/mol. The lowest BCUT2D eigenvalue weighted by Gasteiger charge is -2.23. The van der Waals surface area contributed by atoms with Crippen molar-refractivity contribution >= 4 is 22.6 Å². The first kappa shape index (κ1) is 21.0. The summed E-state index contributed by atoms with van der Waals surface area (Å²) in [5, 5.41) is 3.00. The number of hydrogen-bond donors (Lipinski definition) is 1. The van der Waals surface area contributed by atoms with Gasteiger partial charge < -0.3 is 5.32 Å². The van der Waals surface area contributed by atoms with E-state index < -0.39 is 16.4 Å². The quantitative estimate of drug-likeness (QED) is 0.756. The van der Waals surface area contributed by atoms with Crippen LogP contribution in [0, 0.1) is 12.3 Å². The molecule has 0 heterocycles. The number of carbonyl (C=O) groups is 1. The summed E-state index contributed by atoms with van der Waals surface area (Å²) in [6.07, 6.45) is 0. The van der Waals surface area contributed by atoms with E-state index >= 15 is 0 Å². The van der Waals surface area contributed by atoms with Crippen LogP contribution in [-0.4, -0.2) is 15.8 Å². The van der Waals surface area contributed by atoms with Crippen LogP contribution in [0.3, 0.4) is 0 Å². The zero-order chi connectivity index (χ0) is 20.2. The van der Waals surface area contributed by atoms with Crippen LogP contribution in [0.15, 0.2) is 57.8 Å². The van der Waals surface area contributed by atoms with Gasteiger partial charge in [-0.3, -0.25) is 4.79 Å². The smallest absolute Gasteiger partial charge is 0.225 e. The normalized spacial score (nSPS) is 14.5. The fraction of sp³-hybridized carbons (Fsp3) is 0.364. The van der Waals surface area contributed by atoms with Crippen LogP contribution in [0.2, 0.25) is 0 Å². The lowest BCUT2D eigenvalue weighted by molar-refractivity contribution is -0.129. The van der Waals surface area contributed by atoms with Crippen molar-refractivity contribution in [3.63, 3.8) is 0 Å². The second-order valence-corrected chi connectivity index (χ2v) is 8.90. The molecule has 2 atom stereocenters. The van der Waals surface area contributed by atoms with Gasteiger partial charge in [0.1, 0.15) is 0 Å². The molecule has 2 aromatic rings. The summed E-state index contributed by atoms with van der Waals surface area (Å²) in [6, 6.07) is 15.1. The minimum Gasteiger partial charge on any atom is -0.349 e. The fourth-order valence-electron chi connectivity index (χ4n) is 2.51. The highest BCUT2D eigenvalue weighted by Crippen LogP contribution is 2.24. The summed E-state index contributed by atoms with van der Waals surface area (Å²) in [6.45, 7) is 11.4. The van der Waals surface area contributed by atoms with Crippen molar-refractivity contribution in [2.24, 2.45) is 9.81 Å². The van der Waals surface area contributed by atoms with Crippen molar-refractivity contribution < 1.29 is 9.00 Å². The van der Waals surface area contributed by atoms with Crippen LogP contribution in [0.25, 0.3) is 0 Å². The first-order valence-electron chi connectivity index (χ1n) is 9.03. The van der Waals surface area contributed by atoms with Gasteiger partial charge in [0.2, 0.25) is 5.91 Å². The molecule has 144 valence electrons. The molecule has 0 saturated heterocycles. The van der Waals surface area contributed by atoms with E-state index in [9.17, 15) is 9.00 Å². The van der Waals surface area contributed by atoms with Crippen molar-refractivity contribution in [3.05, 3.63) is 65.2 Å².